The summed E-state index contributed by atoms with van der Waals surface area (Å²) < 4.78 is 36.8. The number of imidazole rings is 1. The molecule has 1 aromatic heterocycles. The molecule has 31 heavy (non-hydrogen) atoms. The number of methoxy groups -OCH3 is 1. The van der Waals surface area contributed by atoms with Crippen molar-refractivity contribution in [2.24, 2.45) is 0 Å². The van der Waals surface area contributed by atoms with Crippen molar-refractivity contribution in [1.82, 2.24) is 9.55 Å². The summed E-state index contributed by atoms with van der Waals surface area (Å²) in [6, 6.07) is 24.4. The molecule has 0 aliphatic rings. The zero-order valence-electron chi connectivity index (χ0n) is 16.7. The lowest BCUT2D eigenvalue weighted by molar-refractivity contribution is -0.0498. The van der Waals surface area contributed by atoms with E-state index in [1.54, 1.807) is 31.0 Å². The van der Waals surface area contributed by atoms with Crippen LogP contribution in [-0.2, 0) is 5.75 Å². The summed E-state index contributed by atoms with van der Waals surface area (Å²) in [5, 5.41) is 0.803. The second-order valence-electron chi connectivity index (χ2n) is 6.64. The molecule has 4 rings (SSSR count). The van der Waals surface area contributed by atoms with Gasteiger partial charge in [-0.05, 0) is 54.1 Å². The zero-order chi connectivity index (χ0) is 21.6. The van der Waals surface area contributed by atoms with E-state index in [2.05, 4.69) is 21.9 Å². The van der Waals surface area contributed by atoms with Crippen LogP contribution < -0.4 is 9.47 Å². The van der Waals surface area contributed by atoms with E-state index in [-0.39, 0.29) is 5.75 Å². The average molecular weight is 438 g/mol. The van der Waals surface area contributed by atoms with Crippen LogP contribution in [0.3, 0.4) is 0 Å². The fourth-order valence-corrected chi connectivity index (χ4v) is 4.10. The first-order valence-corrected chi connectivity index (χ1v) is 10.6. The lowest BCUT2D eigenvalue weighted by Crippen LogP contribution is -2.03. The van der Waals surface area contributed by atoms with Crippen LogP contribution in [0.2, 0.25) is 0 Å². The van der Waals surface area contributed by atoms with Crippen LogP contribution in [-0.4, -0.2) is 23.3 Å². The Morgan fingerprint density at radius 3 is 2.23 bits per heavy atom. The minimum atomic E-state index is -2.86. The summed E-state index contributed by atoms with van der Waals surface area (Å²) in [6.07, 6.45) is 1.82. The molecule has 0 aliphatic carbocycles. The van der Waals surface area contributed by atoms with Crippen LogP contribution >= 0.6 is 11.8 Å². The Morgan fingerprint density at radius 1 is 0.903 bits per heavy atom. The summed E-state index contributed by atoms with van der Waals surface area (Å²) in [5.74, 6) is 1.64. The Bertz CT molecular complexity index is 1110. The molecule has 0 fully saturated rings. The first-order valence-electron chi connectivity index (χ1n) is 9.58. The van der Waals surface area contributed by atoms with Crippen molar-refractivity contribution in [2.45, 2.75) is 17.5 Å². The Balaban J connectivity index is 1.70. The molecule has 3 aromatic carbocycles. The molecule has 0 unspecified atom stereocenters. The van der Waals surface area contributed by atoms with Crippen molar-refractivity contribution in [2.75, 3.05) is 7.11 Å². The third-order valence-electron chi connectivity index (χ3n) is 4.65. The molecule has 0 radical (unpaired) electrons. The Morgan fingerprint density at radius 2 is 1.58 bits per heavy atom. The number of thioether (sulfide) groups is 1. The van der Waals surface area contributed by atoms with Gasteiger partial charge in [0.2, 0.25) is 0 Å². The number of hydrogen-bond acceptors (Lipinski definition) is 4. The maximum Gasteiger partial charge on any atom is 0.387 e. The summed E-state index contributed by atoms with van der Waals surface area (Å²) in [5.41, 5.74) is 3.85. The molecule has 1 heterocycles. The van der Waals surface area contributed by atoms with E-state index < -0.39 is 6.61 Å². The van der Waals surface area contributed by atoms with Crippen LogP contribution in [0.4, 0.5) is 8.78 Å². The highest BCUT2D eigenvalue weighted by Crippen LogP contribution is 2.32. The fraction of sp³-hybridized carbons (Fsp3) is 0.125. The second-order valence-corrected chi connectivity index (χ2v) is 7.58. The van der Waals surface area contributed by atoms with Crippen LogP contribution in [0.1, 0.15) is 5.56 Å². The normalized spacial score (nSPS) is 11.0. The minimum Gasteiger partial charge on any atom is -0.497 e. The van der Waals surface area contributed by atoms with E-state index in [9.17, 15) is 8.78 Å². The van der Waals surface area contributed by atoms with Crippen molar-refractivity contribution in [1.29, 1.82) is 0 Å². The lowest BCUT2D eigenvalue weighted by atomic mass is 10.1. The number of rotatable bonds is 8. The summed E-state index contributed by atoms with van der Waals surface area (Å²) >= 11 is 1.61. The van der Waals surface area contributed by atoms with E-state index in [4.69, 9.17) is 4.74 Å². The molecular weight excluding hydrogens is 418 g/mol. The molecule has 0 aliphatic heterocycles. The molecule has 0 bridgehead atoms. The largest absolute Gasteiger partial charge is 0.497 e. The predicted octanol–water partition coefficient (Wildman–Crippen LogP) is 6.44. The standard InChI is InChI=1S/C24H20F2N2O2S/c1-29-20-11-7-18(8-12-20)22-15-27-24(31-16-17-5-3-2-4-6-17)28(22)19-9-13-21(14-10-19)30-23(25)26/h2-15,23H,16H2,1H3. The molecular formula is C24H20F2N2O2S. The van der Waals surface area contributed by atoms with Gasteiger partial charge >= 0.3 is 6.61 Å². The van der Waals surface area contributed by atoms with Gasteiger partial charge < -0.3 is 9.47 Å². The van der Waals surface area contributed by atoms with Gasteiger partial charge in [0.1, 0.15) is 11.5 Å². The quantitative estimate of drug-likeness (QED) is 0.297. The summed E-state index contributed by atoms with van der Waals surface area (Å²) in [4.78, 5) is 4.64. The van der Waals surface area contributed by atoms with Gasteiger partial charge in [-0.15, -0.1) is 0 Å². The molecule has 7 heteroatoms. The molecule has 0 saturated carbocycles. The van der Waals surface area contributed by atoms with Crippen LogP contribution in [0, 0.1) is 0 Å². The number of halogens is 2. The first kappa shape index (κ1) is 20.9. The molecule has 0 amide bonds. The molecule has 0 spiro atoms. The van der Waals surface area contributed by atoms with Crippen LogP contribution in [0.25, 0.3) is 16.9 Å². The smallest absolute Gasteiger partial charge is 0.387 e. The van der Waals surface area contributed by atoms with Gasteiger partial charge in [0.15, 0.2) is 5.16 Å². The number of aromatic nitrogens is 2. The highest BCUT2D eigenvalue weighted by atomic mass is 32.2. The van der Waals surface area contributed by atoms with Gasteiger partial charge in [0.05, 0.1) is 19.0 Å². The average Bonchev–Trinajstić information content (AvgIpc) is 3.22. The fourth-order valence-electron chi connectivity index (χ4n) is 3.15. The van der Waals surface area contributed by atoms with E-state index >= 15 is 0 Å². The van der Waals surface area contributed by atoms with E-state index in [0.717, 1.165) is 33.6 Å². The molecule has 0 N–H and O–H groups in total. The van der Waals surface area contributed by atoms with Crippen molar-refractivity contribution in [3.8, 4) is 28.4 Å². The minimum absolute atomic E-state index is 0.114. The SMILES string of the molecule is COc1ccc(-c2cnc(SCc3ccccc3)n2-c2ccc(OC(F)F)cc2)cc1. The highest BCUT2D eigenvalue weighted by Gasteiger charge is 2.15. The third kappa shape index (κ3) is 5.06. The molecule has 4 aromatic rings. The van der Waals surface area contributed by atoms with Crippen molar-refractivity contribution >= 4 is 11.8 Å². The van der Waals surface area contributed by atoms with Crippen LogP contribution in [0.5, 0.6) is 11.5 Å². The third-order valence-corrected chi connectivity index (χ3v) is 5.67. The number of ether oxygens (including phenoxy) is 2. The van der Waals surface area contributed by atoms with Gasteiger partial charge in [-0.2, -0.15) is 8.78 Å². The van der Waals surface area contributed by atoms with E-state index in [1.807, 2.05) is 53.2 Å². The predicted molar refractivity (Wildman–Crippen MR) is 118 cm³/mol. The number of alkyl halides is 2. The molecule has 158 valence electrons. The number of benzene rings is 3. The maximum absolute atomic E-state index is 12.5. The van der Waals surface area contributed by atoms with Gasteiger partial charge in [-0.1, -0.05) is 42.1 Å². The van der Waals surface area contributed by atoms with Crippen molar-refractivity contribution in [3.63, 3.8) is 0 Å². The molecule has 0 atom stereocenters. The monoisotopic (exact) mass is 438 g/mol. The zero-order valence-corrected chi connectivity index (χ0v) is 17.6. The van der Waals surface area contributed by atoms with E-state index in [1.165, 1.54) is 17.7 Å². The Hall–Kier alpha value is -3.32. The first-order chi connectivity index (χ1) is 15.1. The van der Waals surface area contributed by atoms with Gasteiger partial charge in [0, 0.05) is 17.0 Å². The lowest BCUT2D eigenvalue weighted by Gasteiger charge is -2.13. The summed E-state index contributed by atoms with van der Waals surface area (Å²) in [7, 11) is 1.63. The maximum atomic E-state index is 12.5. The van der Waals surface area contributed by atoms with Crippen LogP contribution in [0.15, 0.2) is 90.2 Å². The molecule has 0 saturated heterocycles. The number of hydrogen-bond donors (Lipinski definition) is 0. The Labute approximate surface area is 183 Å². The summed E-state index contributed by atoms with van der Waals surface area (Å²) in [6.45, 7) is -2.86. The topological polar surface area (TPSA) is 36.3 Å². The van der Waals surface area contributed by atoms with Gasteiger partial charge in [0.25, 0.3) is 0 Å². The highest BCUT2D eigenvalue weighted by molar-refractivity contribution is 7.98. The van der Waals surface area contributed by atoms with Crippen molar-refractivity contribution < 1.29 is 18.3 Å². The van der Waals surface area contributed by atoms with Crippen molar-refractivity contribution in [3.05, 3.63) is 90.6 Å². The Kier molecular flexibility index (Phi) is 6.52. The molecule has 4 nitrogen and oxygen atoms in total. The van der Waals surface area contributed by atoms with Gasteiger partial charge in [-0.3, -0.25) is 4.57 Å². The number of nitrogens with zero attached hydrogens (tertiary/aromatic N) is 2. The van der Waals surface area contributed by atoms with E-state index in [0.29, 0.717) is 0 Å². The second kappa shape index (κ2) is 9.66. The van der Waals surface area contributed by atoms with Gasteiger partial charge in [-0.25, -0.2) is 4.98 Å².